The van der Waals surface area contributed by atoms with E-state index < -0.39 is 11.0 Å². The molecule has 4 N–H and O–H groups in total. The molecule has 10 nitrogen and oxygen atoms in total. The van der Waals surface area contributed by atoms with Crippen molar-refractivity contribution in [3.05, 3.63) is 94.5 Å². The van der Waals surface area contributed by atoms with E-state index in [1.807, 2.05) is 19.1 Å². The minimum absolute atomic E-state index is 0.0867. The number of nitrogens with one attached hydrogen (secondary N) is 4. The summed E-state index contributed by atoms with van der Waals surface area (Å²) in [5.41, 5.74) is 6.76. The van der Waals surface area contributed by atoms with Crippen molar-refractivity contribution >= 4 is 11.6 Å². The van der Waals surface area contributed by atoms with Crippen LogP contribution in [0.4, 0.5) is 0 Å². The summed E-state index contributed by atoms with van der Waals surface area (Å²) < 4.78 is 0. The summed E-state index contributed by atoms with van der Waals surface area (Å²) in [6.45, 7) is 19.7. The number of H-pyrrole nitrogens is 1. The van der Waals surface area contributed by atoms with Crippen molar-refractivity contribution in [1.82, 2.24) is 41.5 Å². The monoisotopic (exact) mass is 607 g/mol. The Morgan fingerprint density at radius 3 is 2.38 bits per heavy atom. The second kappa shape index (κ2) is 13.2. The molecule has 45 heavy (non-hydrogen) atoms. The lowest BCUT2D eigenvalue weighted by Gasteiger charge is -2.41. The molecular weight excluding hydrogens is 562 g/mol. The Morgan fingerprint density at radius 2 is 1.76 bits per heavy atom. The van der Waals surface area contributed by atoms with E-state index in [9.17, 15) is 10.1 Å². The van der Waals surface area contributed by atoms with Gasteiger partial charge < -0.3 is 20.9 Å². The van der Waals surface area contributed by atoms with Crippen molar-refractivity contribution in [2.24, 2.45) is 0 Å². The van der Waals surface area contributed by atoms with Crippen LogP contribution in [0.2, 0.25) is 0 Å². The van der Waals surface area contributed by atoms with E-state index in [0.29, 0.717) is 30.9 Å². The lowest BCUT2D eigenvalue weighted by Crippen LogP contribution is -2.49. The van der Waals surface area contributed by atoms with Crippen molar-refractivity contribution in [3.8, 4) is 6.07 Å². The van der Waals surface area contributed by atoms with Gasteiger partial charge >= 0.3 is 0 Å². The van der Waals surface area contributed by atoms with Gasteiger partial charge in [-0.3, -0.25) is 4.79 Å². The summed E-state index contributed by atoms with van der Waals surface area (Å²) in [4.78, 5) is 15.1. The summed E-state index contributed by atoms with van der Waals surface area (Å²) in [5.74, 6) is 0.560. The third-order valence-electron chi connectivity index (χ3n) is 9.17. The maximum Gasteiger partial charge on any atom is 0.251 e. The van der Waals surface area contributed by atoms with Gasteiger partial charge in [0.05, 0.1) is 11.5 Å². The third kappa shape index (κ3) is 6.36. The molecule has 1 aliphatic carbocycles. The first-order valence-corrected chi connectivity index (χ1v) is 15.9. The van der Waals surface area contributed by atoms with Crippen LogP contribution >= 0.6 is 0 Å². The Hall–Kier alpha value is -4.49. The van der Waals surface area contributed by atoms with Gasteiger partial charge in [-0.05, 0) is 116 Å². The molecule has 0 bridgehead atoms. The summed E-state index contributed by atoms with van der Waals surface area (Å²) in [6.07, 6.45) is 4.02. The van der Waals surface area contributed by atoms with E-state index in [2.05, 4.69) is 106 Å². The minimum atomic E-state index is -0.761. The zero-order chi connectivity index (χ0) is 32.2. The normalized spacial score (nSPS) is 19.2. The maximum absolute atomic E-state index is 12.9. The van der Waals surface area contributed by atoms with Crippen LogP contribution in [0.1, 0.15) is 91.0 Å². The topological polar surface area (TPSA) is 135 Å². The Labute approximate surface area is 266 Å². The first-order chi connectivity index (χ1) is 21.6. The molecule has 0 spiro atoms. The molecule has 5 rings (SSSR count). The zero-order valence-corrected chi connectivity index (χ0v) is 27.0. The third-order valence-corrected chi connectivity index (χ3v) is 9.17. The number of aromatic nitrogens is 4. The predicted molar refractivity (Wildman–Crippen MR) is 176 cm³/mol. The second-order valence-corrected chi connectivity index (χ2v) is 12.7. The van der Waals surface area contributed by atoms with Gasteiger partial charge in [-0.25, -0.2) is 5.10 Å². The number of carbonyl (C=O) groups excluding carboxylic acids is 1. The molecule has 0 saturated carbocycles. The van der Waals surface area contributed by atoms with Crippen LogP contribution in [0.5, 0.6) is 0 Å². The molecule has 1 aliphatic heterocycles. The van der Waals surface area contributed by atoms with Crippen LogP contribution < -0.4 is 16.0 Å². The molecule has 10 heteroatoms. The van der Waals surface area contributed by atoms with E-state index in [1.165, 1.54) is 5.56 Å². The highest BCUT2D eigenvalue weighted by atomic mass is 16.1. The van der Waals surface area contributed by atoms with Crippen LogP contribution in [-0.2, 0) is 18.3 Å². The van der Waals surface area contributed by atoms with Gasteiger partial charge in [0.25, 0.3) is 5.91 Å². The van der Waals surface area contributed by atoms with E-state index in [4.69, 9.17) is 0 Å². The highest BCUT2D eigenvalue weighted by molar-refractivity contribution is 5.94. The van der Waals surface area contributed by atoms with Crippen molar-refractivity contribution < 1.29 is 4.79 Å². The first-order valence-electron chi connectivity index (χ1n) is 15.9. The number of rotatable bonds is 12. The van der Waals surface area contributed by atoms with Crippen LogP contribution in [0.3, 0.4) is 0 Å². The Bertz CT molecular complexity index is 1530. The summed E-state index contributed by atoms with van der Waals surface area (Å²) in [5, 5.41) is 35.5. The molecule has 1 amide bonds. The first kappa shape index (κ1) is 31.9. The van der Waals surface area contributed by atoms with Gasteiger partial charge in [0.2, 0.25) is 0 Å². The number of fused-ring (bicyclic) bond motifs is 2. The summed E-state index contributed by atoms with van der Waals surface area (Å²) >= 11 is 0. The molecule has 1 fully saturated rings. The predicted octanol–water partition coefficient (Wildman–Crippen LogP) is 4.22. The van der Waals surface area contributed by atoms with Gasteiger partial charge in [0.15, 0.2) is 5.82 Å². The smallest absolute Gasteiger partial charge is 0.251 e. The van der Waals surface area contributed by atoms with Gasteiger partial charge in [-0.15, -0.1) is 5.10 Å². The van der Waals surface area contributed by atoms with Crippen LogP contribution in [-0.4, -0.2) is 69.2 Å². The number of likely N-dealkylation sites (tertiary alicyclic amines) is 1. The number of nitriles is 1. The van der Waals surface area contributed by atoms with E-state index in [1.54, 1.807) is 0 Å². The zero-order valence-electron chi connectivity index (χ0n) is 27.0. The van der Waals surface area contributed by atoms with Gasteiger partial charge in [0.1, 0.15) is 6.04 Å². The molecule has 2 atom stereocenters. The molecule has 3 aromatic rings. The van der Waals surface area contributed by atoms with Crippen LogP contribution in [0, 0.1) is 11.3 Å². The van der Waals surface area contributed by atoms with Crippen molar-refractivity contribution in [1.29, 1.82) is 5.26 Å². The fourth-order valence-electron chi connectivity index (χ4n) is 7.07. The van der Waals surface area contributed by atoms with E-state index >= 15 is 0 Å². The molecule has 2 aliphatic rings. The van der Waals surface area contributed by atoms with Crippen molar-refractivity contribution in [2.45, 2.75) is 76.8 Å². The summed E-state index contributed by atoms with van der Waals surface area (Å²) in [6, 6.07) is 14.9. The number of hydrogen-bond donors (Lipinski definition) is 4. The molecule has 1 aromatic heterocycles. The van der Waals surface area contributed by atoms with Gasteiger partial charge in [0, 0.05) is 48.7 Å². The molecule has 2 unspecified atom stereocenters. The second-order valence-electron chi connectivity index (χ2n) is 12.7. The SMILES string of the molecule is C=C(NCC)c1ccc2c(c1)CCc1cc(C(=O)NCC)ccc1C2(CC(C)(C)NCC(=C)N1CCCC1C#N)c1nnn[nH]1. The lowest BCUT2D eigenvalue weighted by molar-refractivity contribution is 0.0955. The minimum Gasteiger partial charge on any atom is -0.385 e. The fraction of sp³-hybridized carbons (Fsp3) is 0.457. The number of amides is 1. The van der Waals surface area contributed by atoms with E-state index in [0.717, 1.165) is 72.4 Å². The highest BCUT2D eigenvalue weighted by Crippen LogP contribution is 2.48. The number of carbonyl (C=O) groups is 1. The number of tetrazole rings is 1. The standard InChI is InChI=1S/C35H45N9O/c1-7-37-24(4)25-13-15-30-26(18-25)11-12-27-19-28(32(45)38-8-2)14-16-31(27)35(30,33-40-42-43-41-33)22-34(5,6)39-21-23(3)44-17-9-10-29(44)20-36/h13-16,18-19,29,37,39H,3-4,7-12,17,21-22H2,1-2,5-6H3,(H,38,45)(H,40,41,42,43). The number of hydrogen-bond acceptors (Lipinski definition) is 8. The summed E-state index contributed by atoms with van der Waals surface area (Å²) in [7, 11) is 0. The number of aromatic amines is 1. The fourth-order valence-corrected chi connectivity index (χ4v) is 7.07. The molecule has 0 radical (unpaired) electrons. The number of aryl methyl sites for hydroxylation is 2. The Balaban J connectivity index is 1.62. The lowest BCUT2D eigenvalue weighted by atomic mass is 9.65. The van der Waals surface area contributed by atoms with Gasteiger partial charge in [-0.1, -0.05) is 31.4 Å². The average molecular weight is 608 g/mol. The molecule has 2 heterocycles. The molecule has 2 aromatic carbocycles. The van der Waals surface area contributed by atoms with Crippen molar-refractivity contribution in [2.75, 3.05) is 26.2 Å². The van der Waals surface area contributed by atoms with Crippen LogP contribution in [0.15, 0.2) is 55.3 Å². The van der Waals surface area contributed by atoms with Crippen LogP contribution in [0.25, 0.3) is 5.70 Å². The highest BCUT2D eigenvalue weighted by Gasteiger charge is 2.47. The molecule has 236 valence electrons. The number of benzene rings is 2. The van der Waals surface area contributed by atoms with E-state index in [-0.39, 0.29) is 11.9 Å². The molecule has 1 saturated heterocycles. The maximum atomic E-state index is 12.9. The quantitative estimate of drug-likeness (QED) is 0.240. The molecular formula is C35H45N9O. The average Bonchev–Trinajstić information content (AvgIpc) is 3.73. The Morgan fingerprint density at radius 1 is 1.09 bits per heavy atom. The van der Waals surface area contributed by atoms with Crippen molar-refractivity contribution in [3.63, 3.8) is 0 Å². The number of nitrogens with zero attached hydrogens (tertiary/aromatic N) is 5. The Kier molecular flexibility index (Phi) is 9.40. The van der Waals surface area contributed by atoms with Gasteiger partial charge in [-0.2, -0.15) is 5.26 Å². The largest absolute Gasteiger partial charge is 0.385 e.